The summed E-state index contributed by atoms with van der Waals surface area (Å²) in [6, 6.07) is 6.68. The van der Waals surface area contributed by atoms with Crippen LogP contribution in [-0.2, 0) is 6.42 Å². The van der Waals surface area contributed by atoms with E-state index in [2.05, 4.69) is 48.5 Å². The molecule has 0 aliphatic carbocycles. The van der Waals surface area contributed by atoms with Crippen LogP contribution in [0.5, 0.6) is 0 Å². The fourth-order valence-corrected chi connectivity index (χ4v) is 1.70. The quantitative estimate of drug-likeness (QED) is 0.421. The summed E-state index contributed by atoms with van der Waals surface area (Å²) in [5.41, 5.74) is 1.02. The van der Waals surface area contributed by atoms with Gasteiger partial charge in [-0.3, -0.25) is 4.99 Å². The van der Waals surface area contributed by atoms with E-state index in [1.54, 1.807) is 19.2 Å². The van der Waals surface area contributed by atoms with Gasteiger partial charge in [-0.1, -0.05) is 12.1 Å². The largest absolute Gasteiger partial charge is 0.356 e. The fraction of sp³-hybridized carbons (Fsp3) is 0.562. The molecule has 0 atom stereocenters. The standard InChI is InChI=1S/C16H27FN4.HI/c1-16(2,21(4)5)12-20-15(18-3)19-10-9-13-7-6-8-14(17)11-13;/h6-8,11H,9-10,12H2,1-5H3,(H2,18,19,20);1H. The number of hydrogen-bond acceptors (Lipinski definition) is 2. The first-order chi connectivity index (χ1) is 9.85. The Morgan fingerprint density at radius 3 is 2.50 bits per heavy atom. The highest BCUT2D eigenvalue weighted by molar-refractivity contribution is 14.0. The molecule has 0 heterocycles. The van der Waals surface area contributed by atoms with E-state index >= 15 is 0 Å². The first kappa shape index (κ1) is 21.1. The smallest absolute Gasteiger partial charge is 0.191 e. The first-order valence-electron chi connectivity index (χ1n) is 7.21. The Balaban J connectivity index is 0.00000441. The van der Waals surface area contributed by atoms with E-state index in [-0.39, 0.29) is 35.3 Å². The second-order valence-corrected chi connectivity index (χ2v) is 5.94. The SMILES string of the molecule is CN=C(NCCc1cccc(F)c1)NCC(C)(C)N(C)C.I. The molecule has 0 saturated carbocycles. The molecule has 1 aromatic rings. The fourth-order valence-electron chi connectivity index (χ4n) is 1.70. The number of nitrogens with one attached hydrogen (secondary N) is 2. The zero-order valence-electron chi connectivity index (χ0n) is 14.1. The summed E-state index contributed by atoms with van der Waals surface area (Å²) in [6.07, 6.45) is 0.759. The van der Waals surface area contributed by atoms with E-state index in [4.69, 9.17) is 0 Å². The van der Waals surface area contributed by atoms with E-state index in [1.807, 2.05) is 6.07 Å². The molecule has 0 radical (unpaired) electrons. The summed E-state index contributed by atoms with van der Waals surface area (Å²) in [5, 5.41) is 6.56. The summed E-state index contributed by atoms with van der Waals surface area (Å²) in [6.45, 7) is 5.84. The molecule has 126 valence electrons. The van der Waals surface area contributed by atoms with Gasteiger partial charge in [-0.2, -0.15) is 0 Å². The van der Waals surface area contributed by atoms with Crippen LogP contribution < -0.4 is 10.6 Å². The number of rotatable bonds is 6. The second kappa shape index (κ2) is 9.99. The van der Waals surface area contributed by atoms with Crippen molar-refractivity contribution in [3.63, 3.8) is 0 Å². The molecule has 0 spiro atoms. The molecule has 22 heavy (non-hydrogen) atoms. The second-order valence-electron chi connectivity index (χ2n) is 5.94. The topological polar surface area (TPSA) is 39.7 Å². The van der Waals surface area contributed by atoms with Crippen molar-refractivity contribution in [2.45, 2.75) is 25.8 Å². The Kier molecular flexibility index (Phi) is 9.59. The van der Waals surface area contributed by atoms with E-state index in [1.165, 1.54) is 6.07 Å². The predicted octanol–water partition coefficient (Wildman–Crippen LogP) is 2.49. The van der Waals surface area contributed by atoms with Crippen LogP contribution in [0.3, 0.4) is 0 Å². The van der Waals surface area contributed by atoms with E-state index in [9.17, 15) is 4.39 Å². The molecule has 1 rings (SSSR count). The minimum Gasteiger partial charge on any atom is -0.356 e. The molecule has 4 nitrogen and oxygen atoms in total. The van der Waals surface area contributed by atoms with Crippen molar-refractivity contribution in [1.29, 1.82) is 0 Å². The minimum absolute atomic E-state index is 0. The highest BCUT2D eigenvalue weighted by atomic mass is 127. The van der Waals surface area contributed by atoms with Crippen LogP contribution in [0.4, 0.5) is 4.39 Å². The number of hydrogen-bond donors (Lipinski definition) is 2. The maximum atomic E-state index is 13.1. The van der Waals surface area contributed by atoms with Crippen LogP contribution >= 0.6 is 24.0 Å². The van der Waals surface area contributed by atoms with Crippen LogP contribution in [0.25, 0.3) is 0 Å². The van der Waals surface area contributed by atoms with Gasteiger partial charge >= 0.3 is 0 Å². The maximum Gasteiger partial charge on any atom is 0.191 e. The van der Waals surface area contributed by atoms with Gasteiger partial charge in [-0.05, 0) is 52.1 Å². The number of benzene rings is 1. The van der Waals surface area contributed by atoms with Gasteiger partial charge in [-0.15, -0.1) is 24.0 Å². The van der Waals surface area contributed by atoms with Crippen LogP contribution in [0.15, 0.2) is 29.3 Å². The maximum absolute atomic E-state index is 13.1. The summed E-state index contributed by atoms with van der Waals surface area (Å²) < 4.78 is 13.1. The summed E-state index contributed by atoms with van der Waals surface area (Å²) in [7, 11) is 5.86. The Hall–Kier alpha value is -0.890. The van der Waals surface area contributed by atoms with Gasteiger partial charge in [0.2, 0.25) is 0 Å². The van der Waals surface area contributed by atoms with E-state index < -0.39 is 0 Å². The molecule has 0 unspecified atom stereocenters. The molecule has 6 heteroatoms. The van der Waals surface area contributed by atoms with Gasteiger partial charge in [0.05, 0.1) is 0 Å². The molecule has 0 saturated heterocycles. The van der Waals surface area contributed by atoms with Crippen LogP contribution in [0, 0.1) is 5.82 Å². The lowest BCUT2D eigenvalue weighted by Gasteiger charge is -2.33. The lowest BCUT2D eigenvalue weighted by atomic mass is 10.0. The lowest BCUT2D eigenvalue weighted by Crippen LogP contribution is -2.51. The number of aliphatic imine (C=N–C) groups is 1. The Bertz CT molecular complexity index is 475. The van der Waals surface area contributed by atoms with Gasteiger partial charge in [0.25, 0.3) is 0 Å². The summed E-state index contributed by atoms with van der Waals surface area (Å²) in [4.78, 5) is 6.37. The molecular weight excluding hydrogens is 394 g/mol. The van der Waals surface area contributed by atoms with Crippen LogP contribution in [0.1, 0.15) is 19.4 Å². The van der Waals surface area contributed by atoms with Crippen molar-refractivity contribution in [2.75, 3.05) is 34.2 Å². The molecular formula is C16H28FIN4. The highest BCUT2D eigenvalue weighted by Gasteiger charge is 2.20. The number of halogens is 2. The van der Waals surface area contributed by atoms with Crippen molar-refractivity contribution in [1.82, 2.24) is 15.5 Å². The predicted molar refractivity (Wildman–Crippen MR) is 103 cm³/mol. The average Bonchev–Trinajstić information content (AvgIpc) is 2.42. The van der Waals surface area contributed by atoms with Gasteiger partial charge in [0, 0.05) is 25.7 Å². The Morgan fingerprint density at radius 1 is 1.27 bits per heavy atom. The highest BCUT2D eigenvalue weighted by Crippen LogP contribution is 2.07. The van der Waals surface area contributed by atoms with Crippen molar-refractivity contribution >= 4 is 29.9 Å². The zero-order chi connectivity index (χ0) is 15.9. The molecule has 2 N–H and O–H groups in total. The summed E-state index contributed by atoms with van der Waals surface area (Å²) >= 11 is 0. The van der Waals surface area contributed by atoms with E-state index in [0.717, 1.165) is 24.5 Å². The van der Waals surface area contributed by atoms with Crippen molar-refractivity contribution in [2.24, 2.45) is 4.99 Å². The monoisotopic (exact) mass is 422 g/mol. The van der Waals surface area contributed by atoms with Gasteiger partial charge < -0.3 is 15.5 Å². The van der Waals surface area contributed by atoms with Crippen molar-refractivity contribution < 1.29 is 4.39 Å². The number of guanidine groups is 1. The summed E-state index contributed by atoms with van der Waals surface area (Å²) in [5.74, 6) is 0.573. The molecule has 0 aliphatic rings. The third kappa shape index (κ3) is 7.40. The third-order valence-electron chi connectivity index (χ3n) is 3.72. The molecule has 0 amide bonds. The number of likely N-dealkylation sites (N-methyl/N-ethyl adjacent to an activating group) is 1. The molecule has 0 aliphatic heterocycles. The van der Waals surface area contributed by atoms with Crippen LogP contribution in [-0.4, -0.2) is 50.6 Å². The lowest BCUT2D eigenvalue weighted by molar-refractivity contribution is 0.197. The Morgan fingerprint density at radius 2 is 1.95 bits per heavy atom. The van der Waals surface area contributed by atoms with E-state index in [0.29, 0.717) is 6.54 Å². The third-order valence-corrected chi connectivity index (χ3v) is 3.72. The van der Waals surface area contributed by atoms with Gasteiger partial charge in [0.15, 0.2) is 5.96 Å². The minimum atomic E-state index is -0.192. The molecule has 0 bridgehead atoms. The van der Waals surface area contributed by atoms with Crippen LogP contribution in [0.2, 0.25) is 0 Å². The molecule has 0 fully saturated rings. The first-order valence-corrected chi connectivity index (χ1v) is 7.21. The molecule has 1 aromatic carbocycles. The van der Waals surface area contributed by atoms with Crippen molar-refractivity contribution in [3.8, 4) is 0 Å². The average molecular weight is 422 g/mol. The zero-order valence-corrected chi connectivity index (χ0v) is 16.4. The Labute approximate surface area is 150 Å². The number of nitrogens with zero attached hydrogens (tertiary/aromatic N) is 2. The normalized spacial score (nSPS) is 12.0. The molecule has 0 aromatic heterocycles. The van der Waals surface area contributed by atoms with Gasteiger partial charge in [0.1, 0.15) is 5.82 Å². The van der Waals surface area contributed by atoms with Gasteiger partial charge in [-0.25, -0.2) is 4.39 Å². The van der Waals surface area contributed by atoms with Crippen molar-refractivity contribution in [3.05, 3.63) is 35.6 Å².